The Labute approximate surface area is 190 Å². The van der Waals surface area contributed by atoms with E-state index in [1.165, 1.54) is 11.3 Å². The predicted octanol–water partition coefficient (Wildman–Crippen LogP) is 4.55. The molecule has 2 aromatic carbocycles. The van der Waals surface area contributed by atoms with E-state index in [1.807, 2.05) is 55.5 Å². The van der Waals surface area contributed by atoms with Crippen molar-refractivity contribution in [3.8, 4) is 22.1 Å². The molecule has 164 valence electrons. The molecule has 1 heterocycles. The van der Waals surface area contributed by atoms with Crippen molar-refractivity contribution in [1.82, 2.24) is 10.3 Å². The lowest BCUT2D eigenvalue weighted by molar-refractivity contribution is -0.123. The molecule has 7 heteroatoms. The van der Waals surface area contributed by atoms with Gasteiger partial charge in [0.25, 0.3) is 5.91 Å². The number of thiazole rings is 1. The Hall–Kier alpha value is -3.45. The van der Waals surface area contributed by atoms with Crippen LogP contribution in [0.25, 0.3) is 16.6 Å². The van der Waals surface area contributed by atoms with E-state index in [2.05, 4.69) is 5.32 Å². The second-order valence-corrected chi connectivity index (χ2v) is 8.31. The fourth-order valence-corrected chi connectivity index (χ4v) is 4.63. The Morgan fingerprint density at radius 1 is 1.16 bits per heavy atom. The maximum absolute atomic E-state index is 13.1. The number of carbonyl (C=O) groups excluding carboxylic acids is 2. The van der Waals surface area contributed by atoms with Gasteiger partial charge in [0.05, 0.1) is 17.7 Å². The minimum atomic E-state index is -0.191. The van der Waals surface area contributed by atoms with Crippen molar-refractivity contribution in [3.05, 3.63) is 70.2 Å². The maximum Gasteiger partial charge on any atom is 0.257 e. The summed E-state index contributed by atoms with van der Waals surface area (Å²) in [5.41, 5.74) is 3.49. The van der Waals surface area contributed by atoms with Gasteiger partial charge in [-0.2, -0.15) is 0 Å². The van der Waals surface area contributed by atoms with Gasteiger partial charge in [0.1, 0.15) is 5.01 Å². The SMILES string of the molecule is CCNC(=O)COc1ccc(/C=C2\CCc3nc(-c4ccccc4)sc3C2=O)cc1OC. The highest BCUT2D eigenvalue weighted by Crippen LogP contribution is 2.36. The number of ether oxygens (including phenoxy) is 2. The van der Waals surface area contributed by atoms with Gasteiger partial charge in [-0.3, -0.25) is 9.59 Å². The first-order valence-corrected chi connectivity index (χ1v) is 11.3. The Kier molecular flexibility index (Phi) is 6.66. The van der Waals surface area contributed by atoms with Crippen LogP contribution in [0.2, 0.25) is 0 Å². The average molecular weight is 449 g/mol. The monoisotopic (exact) mass is 448 g/mol. The molecule has 4 rings (SSSR count). The summed E-state index contributed by atoms with van der Waals surface area (Å²) in [5.74, 6) is 0.829. The molecule has 1 aliphatic carbocycles. The fourth-order valence-electron chi connectivity index (χ4n) is 3.54. The van der Waals surface area contributed by atoms with Crippen LogP contribution in [-0.2, 0) is 11.2 Å². The van der Waals surface area contributed by atoms with Crippen molar-refractivity contribution >= 4 is 29.1 Å². The van der Waals surface area contributed by atoms with Crippen LogP contribution in [0.1, 0.15) is 34.3 Å². The van der Waals surface area contributed by atoms with Crippen LogP contribution in [0.5, 0.6) is 11.5 Å². The van der Waals surface area contributed by atoms with E-state index in [4.69, 9.17) is 14.5 Å². The van der Waals surface area contributed by atoms with Crippen molar-refractivity contribution < 1.29 is 19.1 Å². The lowest BCUT2D eigenvalue weighted by Crippen LogP contribution is -2.28. The van der Waals surface area contributed by atoms with E-state index in [0.717, 1.165) is 38.7 Å². The molecule has 1 amide bonds. The van der Waals surface area contributed by atoms with Crippen LogP contribution in [0.4, 0.5) is 0 Å². The summed E-state index contributed by atoms with van der Waals surface area (Å²) in [5, 5.41) is 3.56. The molecule has 1 aliphatic rings. The van der Waals surface area contributed by atoms with Gasteiger partial charge in [-0.15, -0.1) is 11.3 Å². The number of allylic oxidation sites excluding steroid dienone is 1. The molecule has 1 aromatic heterocycles. The van der Waals surface area contributed by atoms with Gasteiger partial charge in [-0.05, 0) is 43.5 Å². The van der Waals surface area contributed by atoms with Crippen LogP contribution in [0, 0.1) is 0 Å². The van der Waals surface area contributed by atoms with E-state index < -0.39 is 0 Å². The van der Waals surface area contributed by atoms with Gasteiger partial charge in [0, 0.05) is 17.7 Å². The number of Topliss-reactive ketones (excluding diaryl/α,β-unsaturated/α-hetero) is 1. The molecule has 0 saturated heterocycles. The molecule has 0 unspecified atom stereocenters. The Morgan fingerprint density at radius 3 is 2.72 bits per heavy atom. The average Bonchev–Trinajstić information content (AvgIpc) is 3.26. The zero-order chi connectivity index (χ0) is 22.5. The van der Waals surface area contributed by atoms with Crippen molar-refractivity contribution in [2.24, 2.45) is 0 Å². The van der Waals surface area contributed by atoms with Crippen LogP contribution >= 0.6 is 11.3 Å². The minimum Gasteiger partial charge on any atom is -0.493 e. The Bertz CT molecular complexity index is 1170. The molecular weight excluding hydrogens is 424 g/mol. The maximum atomic E-state index is 13.1. The number of nitrogens with zero attached hydrogens (tertiary/aromatic N) is 1. The number of methoxy groups -OCH3 is 1. The number of ketones is 1. The normalized spacial score (nSPS) is 14.2. The highest BCUT2D eigenvalue weighted by atomic mass is 32.1. The molecular formula is C25H24N2O4S. The minimum absolute atomic E-state index is 0.0291. The number of hydrogen-bond acceptors (Lipinski definition) is 6. The third kappa shape index (κ3) is 4.73. The van der Waals surface area contributed by atoms with Crippen molar-refractivity contribution in [2.75, 3.05) is 20.3 Å². The number of fused-ring (bicyclic) bond motifs is 1. The summed E-state index contributed by atoms with van der Waals surface area (Å²) in [7, 11) is 1.55. The molecule has 0 atom stereocenters. The molecule has 32 heavy (non-hydrogen) atoms. The molecule has 3 aromatic rings. The fraction of sp³-hybridized carbons (Fsp3) is 0.240. The molecule has 0 aliphatic heterocycles. The quantitative estimate of drug-likeness (QED) is 0.537. The van der Waals surface area contributed by atoms with Crippen molar-refractivity contribution in [3.63, 3.8) is 0 Å². The van der Waals surface area contributed by atoms with Crippen LogP contribution in [0.3, 0.4) is 0 Å². The van der Waals surface area contributed by atoms with Crippen LogP contribution in [0.15, 0.2) is 54.1 Å². The second-order valence-electron chi connectivity index (χ2n) is 7.31. The number of carbonyl (C=O) groups is 2. The topological polar surface area (TPSA) is 77.5 Å². The smallest absolute Gasteiger partial charge is 0.257 e. The molecule has 0 fully saturated rings. The molecule has 0 saturated carbocycles. The number of benzene rings is 2. The standard InChI is InChI=1S/C25H24N2O4S/c1-3-26-22(28)15-31-20-12-9-16(14-21(20)30-2)13-18-10-11-19-24(23(18)29)32-25(27-19)17-7-5-4-6-8-17/h4-9,12-14H,3,10-11,15H2,1-2H3,(H,26,28)/b18-13+. The van der Waals surface area contributed by atoms with Crippen LogP contribution in [-0.4, -0.2) is 36.9 Å². The lowest BCUT2D eigenvalue weighted by atomic mass is 9.94. The van der Waals surface area contributed by atoms with Gasteiger partial charge < -0.3 is 14.8 Å². The second kappa shape index (κ2) is 9.78. The largest absolute Gasteiger partial charge is 0.493 e. The van der Waals surface area contributed by atoms with Gasteiger partial charge in [0.15, 0.2) is 18.1 Å². The Balaban J connectivity index is 1.54. The first-order chi connectivity index (χ1) is 15.6. The summed E-state index contributed by atoms with van der Waals surface area (Å²) < 4.78 is 11.0. The van der Waals surface area contributed by atoms with Gasteiger partial charge in [-0.1, -0.05) is 36.4 Å². The number of hydrogen-bond donors (Lipinski definition) is 1. The number of nitrogens with one attached hydrogen (secondary N) is 1. The highest BCUT2D eigenvalue weighted by Gasteiger charge is 2.26. The number of aryl methyl sites for hydroxylation is 1. The Morgan fingerprint density at radius 2 is 1.97 bits per heavy atom. The van der Waals surface area contributed by atoms with E-state index in [-0.39, 0.29) is 18.3 Å². The number of likely N-dealkylation sites (N-methyl/N-ethyl adjacent to an activating group) is 1. The van der Waals surface area contributed by atoms with E-state index in [0.29, 0.717) is 24.5 Å². The molecule has 6 nitrogen and oxygen atoms in total. The van der Waals surface area contributed by atoms with E-state index in [9.17, 15) is 9.59 Å². The lowest BCUT2D eigenvalue weighted by Gasteiger charge is -2.14. The molecule has 0 radical (unpaired) electrons. The van der Waals surface area contributed by atoms with Crippen molar-refractivity contribution in [1.29, 1.82) is 0 Å². The zero-order valence-electron chi connectivity index (χ0n) is 18.0. The van der Waals surface area contributed by atoms with Gasteiger partial charge >= 0.3 is 0 Å². The first-order valence-electron chi connectivity index (χ1n) is 10.5. The summed E-state index contributed by atoms with van der Waals surface area (Å²) in [6.45, 7) is 2.32. The summed E-state index contributed by atoms with van der Waals surface area (Å²) >= 11 is 1.45. The third-order valence-electron chi connectivity index (χ3n) is 5.11. The van der Waals surface area contributed by atoms with Crippen LogP contribution < -0.4 is 14.8 Å². The van der Waals surface area contributed by atoms with Crippen molar-refractivity contribution in [2.45, 2.75) is 19.8 Å². The summed E-state index contributed by atoms with van der Waals surface area (Å²) in [6, 6.07) is 15.3. The van der Waals surface area contributed by atoms with Gasteiger partial charge in [0.2, 0.25) is 5.78 Å². The van der Waals surface area contributed by atoms with Gasteiger partial charge in [-0.25, -0.2) is 4.98 Å². The molecule has 1 N–H and O–H groups in total. The molecule has 0 bridgehead atoms. The number of aromatic nitrogens is 1. The first kappa shape index (κ1) is 21.8. The summed E-state index contributed by atoms with van der Waals surface area (Å²) in [4.78, 5) is 30.2. The third-order valence-corrected chi connectivity index (χ3v) is 6.25. The zero-order valence-corrected chi connectivity index (χ0v) is 18.8. The number of rotatable bonds is 7. The molecule has 0 spiro atoms. The van der Waals surface area contributed by atoms with E-state index >= 15 is 0 Å². The predicted molar refractivity (Wildman–Crippen MR) is 125 cm³/mol. The number of amides is 1. The van der Waals surface area contributed by atoms with E-state index in [1.54, 1.807) is 13.2 Å². The summed E-state index contributed by atoms with van der Waals surface area (Å²) in [6.07, 6.45) is 3.27. The highest BCUT2D eigenvalue weighted by molar-refractivity contribution is 7.17.